The van der Waals surface area contributed by atoms with E-state index < -0.39 is 0 Å². The molecule has 0 aromatic heterocycles. The average molecular weight is 347 g/mol. The van der Waals surface area contributed by atoms with Crippen LogP contribution < -0.4 is 14.8 Å². The van der Waals surface area contributed by atoms with Gasteiger partial charge in [-0.2, -0.15) is 0 Å². The Bertz CT molecular complexity index is 831. The van der Waals surface area contributed by atoms with Gasteiger partial charge in [-0.1, -0.05) is 62.4 Å². The lowest BCUT2D eigenvalue weighted by Gasteiger charge is -2.14. The topological polar surface area (TPSA) is 30.5 Å². The monoisotopic (exact) mass is 347 g/mol. The summed E-state index contributed by atoms with van der Waals surface area (Å²) in [6, 6.07) is 24.2. The predicted octanol–water partition coefficient (Wildman–Crippen LogP) is 6.05. The molecule has 0 aliphatic carbocycles. The van der Waals surface area contributed by atoms with Gasteiger partial charge in [0.15, 0.2) is 5.75 Å². The molecule has 0 radical (unpaired) electrons. The minimum atomic E-state index is 0.707. The van der Waals surface area contributed by atoms with Crippen molar-refractivity contribution in [2.75, 3.05) is 11.9 Å². The molecule has 3 nitrogen and oxygen atoms in total. The third-order valence-electron chi connectivity index (χ3n) is 4.12. The quantitative estimate of drug-likeness (QED) is 0.609. The number of hydrogen-bond donors (Lipinski definition) is 1. The zero-order valence-corrected chi connectivity index (χ0v) is 15.4. The van der Waals surface area contributed by atoms with Crippen LogP contribution in [0.4, 0.5) is 5.69 Å². The van der Waals surface area contributed by atoms with Gasteiger partial charge in [-0.3, -0.25) is 0 Å². The minimum Gasteiger partial charge on any atom is -0.493 e. The van der Waals surface area contributed by atoms with Crippen LogP contribution >= 0.6 is 0 Å². The molecular formula is C23H25NO2. The number of ether oxygens (including phenoxy) is 2. The Hall–Kier alpha value is -2.94. The van der Waals surface area contributed by atoms with E-state index in [0.717, 1.165) is 36.0 Å². The molecule has 1 aliphatic rings. The summed E-state index contributed by atoms with van der Waals surface area (Å²) in [6.07, 6.45) is 0.997. The van der Waals surface area contributed by atoms with Gasteiger partial charge in [0.05, 0.1) is 12.3 Å². The van der Waals surface area contributed by atoms with E-state index in [1.165, 1.54) is 11.1 Å². The molecule has 3 aromatic carbocycles. The van der Waals surface area contributed by atoms with Crippen molar-refractivity contribution < 1.29 is 9.47 Å². The fourth-order valence-electron chi connectivity index (χ4n) is 2.93. The summed E-state index contributed by atoms with van der Waals surface area (Å²) in [5.74, 6) is 2.68. The molecule has 0 spiro atoms. The second-order valence-corrected chi connectivity index (χ2v) is 5.77. The van der Waals surface area contributed by atoms with Crippen molar-refractivity contribution in [3.8, 4) is 17.2 Å². The normalized spacial score (nSPS) is 11.6. The molecule has 0 fully saturated rings. The van der Waals surface area contributed by atoms with Gasteiger partial charge in [0, 0.05) is 18.5 Å². The molecular weight excluding hydrogens is 322 g/mol. The molecule has 1 N–H and O–H groups in total. The maximum absolute atomic E-state index is 6.00. The first-order chi connectivity index (χ1) is 12.9. The first-order valence-corrected chi connectivity index (χ1v) is 9.19. The van der Waals surface area contributed by atoms with Crippen LogP contribution in [0.3, 0.4) is 0 Å². The summed E-state index contributed by atoms with van der Waals surface area (Å²) in [6.45, 7) is 5.48. The van der Waals surface area contributed by atoms with Crippen LogP contribution in [-0.2, 0) is 13.0 Å². The lowest BCUT2D eigenvalue weighted by molar-refractivity contribution is 0.354. The van der Waals surface area contributed by atoms with Gasteiger partial charge in [-0.15, -0.1) is 0 Å². The molecule has 26 heavy (non-hydrogen) atoms. The van der Waals surface area contributed by atoms with Crippen LogP contribution in [0.15, 0.2) is 72.8 Å². The van der Waals surface area contributed by atoms with Gasteiger partial charge < -0.3 is 14.8 Å². The Morgan fingerprint density at radius 3 is 2.50 bits per heavy atom. The maximum atomic E-state index is 6.00. The van der Waals surface area contributed by atoms with Crippen molar-refractivity contribution in [3.05, 3.63) is 83.9 Å². The molecule has 3 aromatic rings. The van der Waals surface area contributed by atoms with Crippen molar-refractivity contribution >= 4 is 5.69 Å². The van der Waals surface area contributed by atoms with Gasteiger partial charge in [-0.05, 0) is 29.8 Å². The zero-order valence-electron chi connectivity index (χ0n) is 15.4. The van der Waals surface area contributed by atoms with Crippen molar-refractivity contribution in [2.45, 2.75) is 26.8 Å². The number of anilines is 1. The van der Waals surface area contributed by atoms with Crippen LogP contribution in [0.5, 0.6) is 17.2 Å². The van der Waals surface area contributed by atoms with E-state index >= 15 is 0 Å². The maximum Gasteiger partial charge on any atom is 0.150 e. The highest BCUT2D eigenvalue weighted by molar-refractivity contribution is 5.58. The number of fused-ring (bicyclic) bond motifs is 1. The van der Waals surface area contributed by atoms with Crippen LogP contribution in [0.25, 0.3) is 0 Å². The molecule has 0 bridgehead atoms. The number of rotatable bonds is 5. The third kappa shape index (κ3) is 4.17. The predicted molar refractivity (Wildman–Crippen MR) is 107 cm³/mol. The molecule has 4 rings (SSSR count). The standard InChI is InChI=1S/C21H19NO2.C2H6/c1-2-9-18(10-3-1)24-20-12-5-4-11-19(20)22-15-17-8-6-7-16-13-14-23-21(16)17;1-2/h1-12,22H,13-15H2;1-2H3. The Morgan fingerprint density at radius 2 is 1.65 bits per heavy atom. The van der Waals surface area contributed by atoms with Crippen LogP contribution in [0.2, 0.25) is 0 Å². The van der Waals surface area contributed by atoms with E-state index in [0.29, 0.717) is 6.54 Å². The molecule has 1 aliphatic heterocycles. The van der Waals surface area contributed by atoms with Crippen molar-refractivity contribution in [1.29, 1.82) is 0 Å². The lowest BCUT2D eigenvalue weighted by atomic mass is 10.1. The first kappa shape index (κ1) is 17.9. The van der Waals surface area contributed by atoms with Gasteiger partial charge in [0.2, 0.25) is 0 Å². The summed E-state index contributed by atoms with van der Waals surface area (Å²) in [4.78, 5) is 0. The summed E-state index contributed by atoms with van der Waals surface area (Å²) in [7, 11) is 0. The van der Waals surface area contributed by atoms with E-state index in [-0.39, 0.29) is 0 Å². The van der Waals surface area contributed by atoms with Crippen molar-refractivity contribution in [1.82, 2.24) is 0 Å². The van der Waals surface area contributed by atoms with Crippen molar-refractivity contribution in [3.63, 3.8) is 0 Å². The zero-order chi connectivity index (χ0) is 18.2. The summed E-state index contributed by atoms with van der Waals surface area (Å²) < 4.78 is 11.8. The second kappa shape index (κ2) is 8.95. The SMILES string of the molecule is CC.c1ccc(Oc2ccccc2NCc2cccc3c2OCC3)cc1. The smallest absolute Gasteiger partial charge is 0.150 e. The first-order valence-electron chi connectivity index (χ1n) is 9.19. The Morgan fingerprint density at radius 1 is 0.885 bits per heavy atom. The highest BCUT2D eigenvalue weighted by Crippen LogP contribution is 2.32. The van der Waals surface area contributed by atoms with Gasteiger partial charge in [0.1, 0.15) is 11.5 Å². The molecule has 0 saturated heterocycles. The Kier molecular flexibility index (Phi) is 6.15. The molecule has 0 atom stereocenters. The summed E-state index contributed by atoms with van der Waals surface area (Å²) in [5.41, 5.74) is 3.44. The molecule has 134 valence electrons. The largest absolute Gasteiger partial charge is 0.493 e. The second-order valence-electron chi connectivity index (χ2n) is 5.77. The number of hydrogen-bond acceptors (Lipinski definition) is 3. The fraction of sp³-hybridized carbons (Fsp3) is 0.217. The van der Waals surface area contributed by atoms with Crippen LogP contribution in [0, 0.1) is 0 Å². The summed E-state index contributed by atoms with van der Waals surface area (Å²) in [5, 5.41) is 3.47. The lowest BCUT2D eigenvalue weighted by Crippen LogP contribution is -2.02. The average Bonchev–Trinajstić information content (AvgIpc) is 3.19. The number of para-hydroxylation sites is 4. The van der Waals surface area contributed by atoms with Crippen LogP contribution in [-0.4, -0.2) is 6.61 Å². The number of nitrogens with one attached hydrogen (secondary N) is 1. The summed E-state index contributed by atoms with van der Waals surface area (Å²) >= 11 is 0. The highest BCUT2D eigenvalue weighted by atomic mass is 16.5. The van der Waals surface area contributed by atoms with Crippen molar-refractivity contribution in [2.24, 2.45) is 0 Å². The highest BCUT2D eigenvalue weighted by Gasteiger charge is 2.15. The molecule has 0 unspecified atom stereocenters. The van der Waals surface area contributed by atoms with E-state index in [9.17, 15) is 0 Å². The molecule has 3 heteroatoms. The van der Waals surface area contributed by atoms with Crippen LogP contribution in [0.1, 0.15) is 25.0 Å². The molecule has 1 heterocycles. The Balaban J connectivity index is 0.000000948. The van der Waals surface area contributed by atoms with Gasteiger partial charge in [-0.25, -0.2) is 0 Å². The van der Waals surface area contributed by atoms with Gasteiger partial charge >= 0.3 is 0 Å². The van der Waals surface area contributed by atoms with E-state index in [1.807, 2.05) is 68.4 Å². The fourth-order valence-corrected chi connectivity index (χ4v) is 2.93. The molecule has 0 saturated carbocycles. The molecule has 0 amide bonds. The third-order valence-corrected chi connectivity index (χ3v) is 4.12. The number of benzene rings is 3. The minimum absolute atomic E-state index is 0.707. The van der Waals surface area contributed by atoms with Gasteiger partial charge in [0.25, 0.3) is 0 Å². The Labute approximate surface area is 155 Å². The van der Waals surface area contributed by atoms with E-state index in [2.05, 4.69) is 23.5 Å². The van der Waals surface area contributed by atoms with E-state index in [4.69, 9.17) is 9.47 Å². The van der Waals surface area contributed by atoms with E-state index in [1.54, 1.807) is 0 Å².